The fraction of sp³-hybridized carbons (Fsp3) is 0.909. The van der Waals surface area contributed by atoms with Gasteiger partial charge in [-0.2, -0.15) is 13.5 Å². The monoisotopic (exact) mass is 705 g/mol. The minimum atomic E-state index is -4.18. The van der Waals surface area contributed by atoms with Gasteiger partial charge in [-0.1, -0.05) is 47.0 Å². The molecular formula is C33H63N5O9S. The molecule has 14 nitrogen and oxygen atoms in total. The first-order valence-corrected chi connectivity index (χ1v) is 19.5. The van der Waals surface area contributed by atoms with Crippen molar-refractivity contribution >= 4 is 28.1 Å². The molecule has 0 aromatic carbocycles. The zero-order valence-electron chi connectivity index (χ0n) is 30.4. The van der Waals surface area contributed by atoms with Crippen LogP contribution in [0.1, 0.15) is 126 Å². The normalized spacial score (nSPS) is 21.2. The number of hydroxylamine groups is 3. The molecule has 0 radical (unpaired) electrons. The van der Waals surface area contributed by atoms with E-state index in [1.54, 1.807) is 4.90 Å². The summed E-state index contributed by atoms with van der Waals surface area (Å²) in [5, 5.41) is 0.252. The van der Waals surface area contributed by atoms with Gasteiger partial charge in [0.2, 0.25) is 5.37 Å². The molecule has 3 atom stereocenters. The van der Waals surface area contributed by atoms with Gasteiger partial charge in [0.1, 0.15) is 11.6 Å². The maximum atomic E-state index is 14.2. The number of quaternary nitrogens is 1. The van der Waals surface area contributed by atoms with Crippen LogP contribution in [0, 0.1) is 0 Å². The summed E-state index contributed by atoms with van der Waals surface area (Å²) in [4.78, 5) is 47.9. The smallest absolute Gasteiger partial charge is 0.410 e. The van der Waals surface area contributed by atoms with Crippen LogP contribution in [-0.4, -0.2) is 120 Å². The predicted molar refractivity (Wildman–Crippen MR) is 181 cm³/mol. The molecule has 3 fully saturated rings. The molecule has 0 aliphatic carbocycles. The van der Waals surface area contributed by atoms with E-state index in [1.807, 2.05) is 27.7 Å². The summed E-state index contributed by atoms with van der Waals surface area (Å²) in [5.74, 6) is -0.450. The van der Waals surface area contributed by atoms with Crippen molar-refractivity contribution in [1.82, 2.24) is 20.3 Å². The molecule has 2 bridgehead atoms. The topological polar surface area (TPSA) is 165 Å². The molecule has 3 aliphatic heterocycles. The first-order valence-electron chi connectivity index (χ1n) is 18.0. The van der Waals surface area contributed by atoms with Crippen molar-refractivity contribution in [3.05, 3.63) is 0 Å². The van der Waals surface area contributed by atoms with Gasteiger partial charge in [0, 0.05) is 26.1 Å². The molecule has 4 amide bonds. The van der Waals surface area contributed by atoms with Crippen LogP contribution in [0.5, 0.6) is 0 Å². The minimum absolute atomic E-state index is 0. The number of urea groups is 1. The van der Waals surface area contributed by atoms with Gasteiger partial charge < -0.3 is 24.5 Å². The Hall–Kier alpha value is -2.20. The van der Waals surface area contributed by atoms with Gasteiger partial charge in [0.15, 0.2) is 0 Å². The number of hydrogen-bond donors (Lipinski definition) is 1. The fourth-order valence-corrected chi connectivity index (χ4v) is 8.88. The van der Waals surface area contributed by atoms with Crippen LogP contribution in [0.2, 0.25) is 0 Å². The van der Waals surface area contributed by atoms with Crippen LogP contribution < -0.4 is 5.48 Å². The van der Waals surface area contributed by atoms with Crippen LogP contribution in [0.15, 0.2) is 0 Å². The van der Waals surface area contributed by atoms with Crippen molar-refractivity contribution in [2.45, 2.75) is 155 Å². The highest BCUT2D eigenvalue weighted by molar-refractivity contribution is 7.87. The first kappa shape index (κ1) is 42.0. The third-order valence-electron chi connectivity index (χ3n) is 9.58. The summed E-state index contributed by atoms with van der Waals surface area (Å²) < 4.78 is 40.1. The zero-order valence-corrected chi connectivity index (χ0v) is 31.3. The van der Waals surface area contributed by atoms with E-state index in [4.69, 9.17) is 13.9 Å². The Balaban J connectivity index is 0.00000800. The highest BCUT2D eigenvalue weighted by Gasteiger charge is 2.53. The first-order chi connectivity index (χ1) is 22.2. The summed E-state index contributed by atoms with van der Waals surface area (Å²) >= 11 is 0. The van der Waals surface area contributed by atoms with E-state index in [-0.39, 0.29) is 24.2 Å². The summed E-state index contributed by atoms with van der Waals surface area (Å²) in [6, 6.07) is -1.85. The number of carbonyl (C=O) groups excluding carboxylic acids is 3. The molecule has 3 heterocycles. The number of unbranched alkanes of at least 4 members (excludes halogenated alkanes) is 3. The lowest BCUT2D eigenvalue weighted by molar-refractivity contribution is -0.939. The number of hydrogen-bond acceptors (Lipinski definition) is 9. The lowest BCUT2D eigenvalue weighted by Gasteiger charge is -2.44. The number of nitrogens with one attached hydrogen (secondary N) is 1. The van der Waals surface area contributed by atoms with E-state index in [0.29, 0.717) is 56.1 Å². The number of ether oxygens (including phenoxy) is 1. The molecule has 3 rings (SSSR count). The molecule has 2 N–H and O–H groups in total. The molecule has 280 valence electrons. The summed E-state index contributed by atoms with van der Waals surface area (Å²) in [6.07, 6.45) is 8.02. The number of nitrogens with zero attached hydrogens (tertiary/aromatic N) is 4. The van der Waals surface area contributed by atoms with Crippen LogP contribution in [-0.2, 0) is 28.8 Å². The second-order valence-corrected chi connectivity index (χ2v) is 16.2. The van der Waals surface area contributed by atoms with Crippen molar-refractivity contribution in [3.8, 4) is 0 Å². The Morgan fingerprint density at radius 2 is 1.48 bits per heavy atom. The maximum absolute atomic E-state index is 14.2. The van der Waals surface area contributed by atoms with Crippen LogP contribution in [0.4, 0.5) is 9.59 Å². The van der Waals surface area contributed by atoms with Gasteiger partial charge in [-0.15, -0.1) is 4.28 Å². The average Bonchev–Trinajstić information content (AvgIpc) is 3.25. The van der Waals surface area contributed by atoms with E-state index in [2.05, 4.69) is 26.3 Å². The molecule has 15 heteroatoms. The second kappa shape index (κ2) is 18.7. The van der Waals surface area contributed by atoms with Crippen LogP contribution in [0.25, 0.3) is 0 Å². The van der Waals surface area contributed by atoms with Crippen molar-refractivity contribution in [3.63, 3.8) is 0 Å². The minimum Gasteiger partial charge on any atom is -0.870 e. The van der Waals surface area contributed by atoms with E-state index in [1.165, 1.54) is 4.90 Å². The summed E-state index contributed by atoms with van der Waals surface area (Å²) in [6.45, 7) is 17.2. The SMILES string of the molecule is CCCC[N+](CCCC)(CCCC)C(CCC)S(=O)(=O)ON1C(=O)N2C[C@H]1CC[C@H]2C(=O)NOC1CCN(C(=O)OC(C)(C)C)CC1.[OH-]. The van der Waals surface area contributed by atoms with Crippen molar-refractivity contribution < 1.29 is 46.6 Å². The molecule has 3 aliphatic rings. The molecule has 3 saturated heterocycles. The molecule has 0 spiro atoms. The highest BCUT2D eigenvalue weighted by Crippen LogP contribution is 2.34. The molecule has 1 unspecified atom stereocenters. The third kappa shape index (κ3) is 10.9. The lowest BCUT2D eigenvalue weighted by Crippen LogP contribution is -2.61. The molecule has 0 aromatic heterocycles. The second-order valence-electron chi connectivity index (χ2n) is 14.5. The number of carbonyl (C=O) groups is 3. The van der Waals surface area contributed by atoms with Crippen LogP contribution >= 0.6 is 0 Å². The Morgan fingerprint density at radius 1 is 0.917 bits per heavy atom. The molecule has 48 heavy (non-hydrogen) atoms. The van der Waals surface area contributed by atoms with Crippen molar-refractivity contribution in [2.75, 3.05) is 39.3 Å². The Kier molecular flexibility index (Phi) is 16.3. The molecule has 0 saturated carbocycles. The third-order valence-corrected chi connectivity index (χ3v) is 11.3. The summed E-state index contributed by atoms with van der Waals surface area (Å²) in [7, 11) is -4.18. The van der Waals surface area contributed by atoms with Gasteiger partial charge in [-0.25, -0.2) is 15.1 Å². The molecular weight excluding hydrogens is 642 g/mol. The van der Waals surface area contributed by atoms with Gasteiger partial charge >= 0.3 is 22.2 Å². The number of amides is 4. The van der Waals surface area contributed by atoms with Gasteiger partial charge in [0.05, 0.1) is 31.8 Å². The van der Waals surface area contributed by atoms with E-state index in [9.17, 15) is 22.8 Å². The van der Waals surface area contributed by atoms with E-state index >= 15 is 0 Å². The van der Waals surface area contributed by atoms with Crippen LogP contribution in [0.3, 0.4) is 0 Å². The number of likely N-dealkylation sites (tertiary alicyclic amines) is 1. The maximum Gasteiger partial charge on any atom is 0.410 e. The lowest BCUT2D eigenvalue weighted by atomic mass is 10.0. The number of piperidine rings is 2. The largest absolute Gasteiger partial charge is 0.870 e. The van der Waals surface area contributed by atoms with E-state index in [0.717, 1.165) is 63.2 Å². The fourth-order valence-electron chi connectivity index (χ4n) is 6.98. The quantitative estimate of drug-likeness (QED) is 0.150. The van der Waals surface area contributed by atoms with Gasteiger partial charge in [0.25, 0.3) is 5.91 Å². The van der Waals surface area contributed by atoms with Gasteiger partial charge in [-0.3, -0.25) is 9.63 Å². The Labute approximate surface area is 288 Å². The van der Waals surface area contributed by atoms with Gasteiger partial charge in [-0.05, 0) is 72.1 Å². The predicted octanol–water partition coefficient (Wildman–Crippen LogP) is 5.13. The number of rotatable bonds is 18. The standard InChI is InChI=1S/C33H61N5O8S.H2O/c1-8-12-22-38(23-13-9-2,24-14-10-3)29(15-11-4)47(42,43)46-37-26-16-17-28(36(25-26)31(37)40)30(39)34-45-27-18-20-35(21-19-27)32(41)44-33(5,6)7;/h26-29H,8-25H2,1-7H3;1H2/t26-,28+,29?;/m1./s1. The number of fused-ring (bicyclic) bond motifs is 2. The highest BCUT2D eigenvalue weighted by atomic mass is 32.2. The van der Waals surface area contributed by atoms with E-state index < -0.39 is 45.1 Å². The molecule has 0 aromatic rings. The van der Waals surface area contributed by atoms with Crippen molar-refractivity contribution in [2.24, 2.45) is 0 Å². The Morgan fingerprint density at radius 3 is 1.98 bits per heavy atom. The van der Waals surface area contributed by atoms with Crippen molar-refractivity contribution in [1.29, 1.82) is 0 Å². The zero-order chi connectivity index (χ0) is 34.8. The summed E-state index contributed by atoms with van der Waals surface area (Å²) in [5.41, 5.74) is 1.96. The average molecular weight is 706 g/mol. The Bertz CT molecular complexity index is 1120.